The van der Waals surface area contributed by atoms with E-state index in [1.807, 2.05) is 6.07 Å². The van der Waals surface area contributed by atoms with Crippen LogP contribution in [-0.2, 0) is 0 Å². The van der Waals surface area contributed by atoms with Gasteiger partial charge in [0.05, 0.1) is 5.00 Å². The van der Waals surface area contributed by atoms with Crippen LogP contribution in [0, 0.1) is 0 Å². The van der Waals surface area contributed by atoms with Crippen LogP contribution in [0.3, 0.4) is 0 Å². The van der Waals surface area contributed by atoms with Gasteiger partial charge in [-0.05, 0) is 31.9 Å². The molecule has 88 valence electrons. The van der Waals surface area contributed by atoms with E-state index in [2.05, 4.69) is 11.8 Å². The fraction of sp³-hybridized carbons (Fsp3) is 0.583. The minimum atomic E-state index is -0.821. The van der Waals surface area contributed by atoms with Crippen molar-refractivity contribution in [3.05, 3.63) is 17.0 Å². The molecule has 0 bridgehead atoms. The van der Waals surface area contributed by atoms with E-state index in [-0.39, 0.29) is 0 Å². The Kier molecular flexibility index (Phi) is 3.49. The lowest BCUT2D eigenvalue weighted by Crippen LogP contribution is -2.32. The molecule has 0 aliphatic heterocycles. The Morgan fingerprint density at radius 3 is 2.69 bits per heavy atom. The quantitative estimate of drug-likeness (QED) is 0.877. The molecule has 0 atom stereocenters. The number of aromatic carboxylic acids is 1. The Morgan fingerprint density at radius 2 is 2.19 bits per heavy atom. The van der Waals surface area contributed by atoms with Gasteiger partial charge in [-0.3, -0.25) is 0 Å². The van der Waals surface area contributed by atoms with E-state index in [4.69, 9.17) is 5.11 Å². The SMILES string of the molecule is CCN(c1ccc(C(=O)O)s1)C1CCCC1. The first kappa shape index (κ1) is 11.5. The second-order valence-electron chi connectivity index (χ2n) is 4.17. The Hall–Kier alpha value is -1.03. The van der Waals surface area contributed by atoms with E-state index in [0.717, 1.165) is 11.5 Å². The third-order valence-electron chi connectivity index (χ3n) is 3.19. The number of carboxylic acid groups (broad SMARTS) is 1. The molecule has 0 aromatic carbocycles. The fourth-order valence-electron chi connectivity index (χ4n) is 2.41. The molecule has 1 aliphatic rings. The maximum atomic E-state index is 10.8. The van der Waals surface area contributed by atoms with Crippen molar-refractivity contribution in [2.45, 2.75) is 38.6 Å². The van der Waals surface area contributed by atoms with Crippen molar-refractivity contribution in [1.29, 1.82) is 0 Å². The molecule has 1 N–H and O–H groups in total. The zero-order valence-electron chi connectivity index (χ0n) is 9.48. The summed E-state index contributed by atoms with van der Waals surface area (Å²) in [5, 5.41) is 10.0. The van der Waals surface area contributed by atoms with Crippen molar-refractivity contribution in [3.63, 3.8) is 0 Å². The van der Waals surface area contributed by atoms with Gasteiger partial charge < -0.3 is 10.0 Å². The van der Waals surface area contributed by atoms with Crippen molar-refractivity contribution in [2.24, 2.45) is 0 Å². The van der Waals surface area contributed by atoms with E-state index in [0.29, 0.717) is 10.9 Å². The maximum Gasteiger partial charge on any atom is 0.345 e. The van der Waals surface area contributed by atoms with Crippen LogP contribution < -0.4 is 4.90 Å². The molecular weight excluding hydrogens is 222 g/mol. The van der Waals surface area contributed by atoms with Gasteiger partial charge in [-0.15, -0.1) is 11.3 Å². The predicted octanol–water partition coefficient (Wildman–Crippen LogP) is 3.22. The van der Waals surface area contributed by atoms with Gasteiger partial charge >= 0.3 is 5.97 Å². The summed E-state index contributed by atoms with van der Waals surface area (Å²) in [5.41, 5.74) is 0. The normalized spacial score (nSPS) is 16.6. The fourth-order valence-corrected chi connectivity index (χ4v) is 3.39. The zero-order chi connectivity index (χ0) is 11.5. The second kappa shape index (κ2) is 4.87. The number of hydrogen-bond donors (Lipinski definition) is 1. The van der Waals surface area contributed by atoms with Gasteiger partial charge in [0, 0.05) is 12.6 Å². The van der Waals surface area contributed by atoms with Crippen molar-refractivity contribution in [1.82, 2.24) is 0 Å². The Bertz CT molecular complexity index is 369. The molecule has 1 heterocycles. The molecule has 0 radical (unpaired) electrons. The lowest BCUT2D eigenvalue weighted by molar-refractivity contribution is 0.0702. The van der Waals surface area contributed by atoms with Crippen LogP contribution in [0.5, 0.6) is 0 Å². The Balaban J connectivity index is 2.15. The van der Waals surface area contributed by atoms with E-state index in [1.165, 1.54) is 37.0 Å². The molecular formula is C12H17NO2S. The lowest BCUT2D eigenvalue weighted by atomic mass is 10.2. The number of carboxylic acids is 1. The lowest BCUT2D eigenvalue weighted by Gasteiger charge is -2.28. The molecule has 3 nitrogen and oxygen atoms in total. The third kappa shape index (κ3) is 2.21. The summed E-state index contributed by atoms with van der Waals surface area (Å²) >= 11 is 1.39. The Labute approximate surface area is 99.7 Å². The van der Waals surface area contributed by atoms with Gasteiger partial charge in [0.25, 0.3) is 0 Å². The minimum Gasteiger partial charge on any atom is -0.477 e. The minimum absolute atomic E-state index is 0.437. The molecule has 2 rings (SSSR count). The van der Waals surface area contributed by atoms with Crippen LogP contribution in [0.25, 0.3) is 0 Å². The first-order valence-electron chi connectivity index (χ1n) is 5.82. The van der Waals surface area contributed by atoms with Gasteiger partial charge in [-0.25, -0.2) is 4.79 Å². The molecule has 1 aromatic heterocycles. The first-order valence-corrected chi connectivity index (χ1v) is 6.63. The van der Waals surface area contributed by atoms with Gasteiger partial charge in [0.2, 0.25) is 0 Å². The van der Waals surface area contributed by atoms with Gasteiger partial charge in [-0.1, -0.05) is 12.8 Å². The first-order chi connectivity index (χ1) is 7.72. The summed E-state index contributed by atoms with van der Waals surface area (Å²) in [4.78, 5) is 13.6. The topological polar surface area (TPSA) is 40.5 Å². The van der Waals surface area contributed by atoms with Crippen molar-refractivity contribution < 1.29 is 9.90 Å². The summed E-state index contributed by atoms with van der Waals surface area (Å²) in [6.45, 7) is 3.10. The molecule has 0 unspecified atom stereocenters. The van der Waals surface area contributed by atoms with Crippen LogP contribution in [0.4, 0.5) is 5.00 Å². The number of carbonyl (C=O) groups is 1. The van der Waals surface area contributed by atoms with Crippen LogP contribution >= 0.6 is 11.3 Å². The molecule has 0 saturated heterocycles. The van der Waals surface area contributed by atoms with Crippen molar-refractivity contribution in [2.75, 3.05) is 11.4 Å². The second-order valence-corrected chi connectivity index (χ2v) is 5.23. The summed E-state index contributed by atoms with van der Waals surface area (Å²) in [6.07, 6.45) is 5.10. The van der Waals surface area contributed by atoms with Crippen molar-refractivity contribution >= 4 is 22.3 Å². The smallest absolute Gasteiger partial charge is 0.345 e. The number of hydrogen-bond acceptors (Lipinski definition) is 3. The highest BCUT2D eigenvalue weighted by molar-refractivity contribution is 7.17. The Morgan fingerprint density at radius 1 is 1.50 bits per heavy atom. The highest BCUT2D eigenvalue weighted by Gasteiger charge is 2.23. The molecule has 0 amide bonds. The maximum absolute atomic E-state index is 10.8. The molecule has 1 fully saturated rings. The zero-order valence-corrected chi connectivity index (χ0v) is 10.3. The van der Waals surface area contributed by atoms with E-state index >= 15 is 0 Å². The van der Waals surface area contributed by atoms with Crippen LogP contribution in [0.15, 0.2) is 12.1 Å². The summed E-state index contributed by atoms with van der Waals surface area (Å²) in [7, 11) is 0. The van der Waals surface area contributed by atoms with Gasteiger partial charge in [-0.2, -0.15) is 0 Å². The van der Waals surface area contributed by atoms with E-state index < -0.39 is 5.97 Å². The predicted molar refractivity (Wildman–Crippen MR) is 66.6 cm³/mol. The summed E-state index contributed by atoms with van der Waals surface area (Å²) < 4.78 is 0. The average Bonchev–Trinajstić information content (AvgIpc) is 2.88. The molecule has 1 aromatic rings. The van der Waals surface area contributed by atoms with Crippen molar-refractivity contribution in [3.8, 4) is 0 Å². The third-order valence-corrected chi connectivity index (χ3v) is 4.30. The van der Waals surface area contributed by atoms with E-state index in [1.54, 1.807) is 6.07 Å². The van der Waals surface area contributed by atoms with Gasteiger partial charge in [0.1, 0.15) is 4.88 Å². The molecule has 0 spiro atoms. The number of anilines is 1. The average molecular weight is 239 g/mol. The molecule has 1 aliphatic carbocycles. The monoisotopic (exact) mass is 239 g/mol. The summed E-state index contributed by atoms with van der Waals surface area (Å²) in [6, 6.07) is 4.26. The number of nitrogens with zero attached hydrogens (tertiary/aromatic N) is 1. The largest absolute Gasteiger partial charge is 0.477 e. The number of rotatable bonds is 4. The highest BCUT2D eigenvalue weighted by atomic mass is 32.1. The molecule has 4 heteroatoms. The summed E-state index contributed by atoms with van der Waals surface area (Å²) in [5.74, 6) is -0.821. The van der Waals surface area contributed by atoms with Crippen LogP contribution in [0.1, 0.15) is 42.3 Å². The van der Waals surface area contributed by atoms with Crippen LogP contribution in [-0.4, -0.2) is 23.7 Å². The van der Waals surface area contributed by atoms with Crippen LogP contribution in [0.2, 0.25) is 0 Å². The highest BCUT2D eigenvalue weighted by Crippen LogP contribution is 2.32. The molecule has 16 heavy (non-hydrogen) atoms. The standard InChI is InChI=1S/C12H17NO2S/c1-2-13(9-5-3-4-6-9)11-8-7-10(16-11)12(14)15/h7-9H,2-6H2,1H3,(H,14,15). The number of thiophene rings is 1. The molecule has 1 saturated carbocycles. The van der Waals surface area contributed by atoms with E-state index in [9.17, 15) is 4.79 Å². The van der Waals surface area contributed by atoms with Gasteiger partial charge in [0.15, 0.2) is 0 Å².